The third kappa shape index (κ3) is 4.76. The maximum atomic E-state index is 12.9. The van der Waals surface area contributed by atoms with Gasteiger partial charge in [0.2, 0.25) is 5.91 Å². The lowest BCUT2D eigenvalue weighted by Crippen LogP contribution is -2.37. The van der Waals surface area contributed by atoms with Crippen molar-refractivity contribution in [3.05, 3.63) is 52.6 Å². The van der Waals surface area contributed by atoms with Gasteiger partial charge in [0.15, 0.2) is 0 Å². The molecule has 2 aromatic rings. The van der Waals surface area contributed by atoms with Crippen molar-refractivity contribution in [2.24, 2.45) is 0 Å². The van der Waals surface area contributed by atoms with E-state index >= 15 is 0 Å². The minimum atomic E-state index is 0.00333. The molecular formula is C25H32N4O3. The fraction of sp³-hybridized carbons (Fsp3) is 0.520. The van der Waals surface area contributed by atoms with Gasteiger partial charge in [-0.3, -0.25) is 9.59 Å². The van der Waals surface area contributed by atoms with Crippen LogP contribution in [0.5, 0.6) is 5.75 Å². The van der Waals surface area contributed by atoms with E-state index in [0.717, 1.165) is 55.1 Å². The second-order valence-corrected chi connectivity index (χ2v) is 8.82. The summed E-state index contributed by atoms with van der Waals surface area (Å²) < 4.78 is 5.24. The highest BCUT2D eigenvalue weighted by molar-refractivity contribution is 5.94. The number of aromatic nitrogens is 2. The fourth-order valence-electron chi connectivity index (χ4n) is 4.70. The summed E-state index contributed by atoms with van der Waals surface area (Å²) >= 11 is 0. The minimum absolute atomic E-state index is 0.00333. The van der Waals surface area contributed by atoms with Gasteiger partial charge in [-0.2, -0.15) is 0 Å². The van der Waals surface area contributed by atoms with Gasteiger partial charge in [0.1, 0.15) is 11.6 Å². The van der Waals surface area contributed by atoms with E-state index in [1.807, 2.05) is 41.8 Å². The zero-order chi connectivity index (χ0) is 22.7. The van der Waals surface area contributed by atoms with E-state index in [0.29, 0.717) is 30.8 Å². The van der Waals surface area contributed by atoms with Crippen LogP contribution in [0.1, 0.15) is 64.7 Å². The molecule has 7 nitrogen and oxygen atoms in total. The van der Waals surface area contributed by atoms with Crippen molar-refractivity contribution in [2.45, 2.75) is 51.9 Å². The summed E-state index contributed by atoms with van der Waals surface area (Å²) in [6.45, 7) is 6.92. The van der Waals surface area contributed by atoms with E-state index in [-0.39, 0.29) is 17.7 Å². The highest BCUT2D eigenvalue weighted by Crippen LogP contribution is 2.28. The first-order valence-electron chi connectivity index (χ1n) is 11.5. The van der Waals surface area contributed by atoms with Crippen LogP contribution in [0.3, 0.4) is 0 Å². The van der Waals surface area contributed by atoms with Crippen LogP contribution in [-0.2, 0) is 11.2 Å². The topological polar surface area (TPSA) is 75.6 Å². The zero-order valence-electron chi connectivity index (χ0n) is 19.3. The third-order valence-electron chi connectivity index (χ3n) is 6.63. The Kier molecular flexibility index (Phi) is 6.72. The molecule has 2 fully saturated rings. The van der Waals surface area contributed by atoms with Crippen molar-refractivity contribution in [1.82, 2.24) is 19.8 Å². The molecule has 3 heterocycles. The smallest absolute Gasteiger partial charge is 0.254 e. The number of aryl methyl sites for hydroxylation is 2. The molecule has 0 radical (unpaired) electrons. The van der Waals surface area contributed by atoms with E-state index in [1.165, 1.54) is 6.42 Å². The van der Waals surface area contributed by atoms with Crippen LogP contribution < -0.4 is 4.74 Å². The Bertz CT molecular complexity index is 977. The van der Waals surface area contributed by atoms with E-state index in [9.17, 15) is 9.59 Å². The van der Waals surface area contributed by atoms with Gasteiger partial charge in [-0.05, 0) is 57.7 Å². The number of ether oxygens (including phenoxy) is 1. The number of methoxy groups -OCH3 is 1. The summed E-state index contributed by atoms with van der Waals surface area (Å²) in [6.07, 6.45) is 4.58. The Morgan fingerprint density at radius 2 is 1.75 bits per heavy atom. The average molecular weight is 437 g/mol. The van der Waals surface area contributed by atoms with Crippen molar-refractivity contribution < 1.29 is 14.3 Å². The molecule has 1 aromatic heterocycles. The second kappa shape index (κ2) is 9.67. The van der Waals surface area contributed by atoms with Crippen LogP contribution >= 0.6 is 0 Å². The number of amides is 2. The highest BCUT2D eigenvalue weighted by atomic mass is 16.5. The summed E-state index contributed by atoms with van der Waals surface area (Å²) in [5.41, 5.74) is 3.31. The van der Waals surface area contributed by atoms with Gasteiger partial charge in [-0.25, -0.2) is 9.97 Å². The molecule has 0 spiro atoms. The fourth-order valence-corrected chi connectivity index (χ4v) is 4.70. The number of nitrogens with zero attached hydrogens (tertiary/aromatic N) is 4. The first-order valence-corrected chi connectivity index (χ1v) is 11.5. The summed E-state index contributed by atoms with van der Waals surface area (Å²) in [7, 11) is 1.60. The van der Waals surface area contributed by atoms with Gasteiger partial charge < -0.3 is 14.5 Å². The lowest BCUT2D eigenvalue weighted by molar-refractivity contribution is -0.131. The molecule has 0 unspecified atom stereocenters. The molecule has 32 heavy (non-hydrogen) atoms. The molecule has 170 valence electrons. The Balaban J connectivity index is 1.44. The quantitative estimate of drug-likeness (QED) is 0.719. The van der Waals surface area contributed by atoms with Crippen LogP contribution in [0.15, 0.2) is 24.3 Å². The molecule has 2 saturated heterocycles. The number of benzene rings is 1. The molecule has 1 atom stereocenters. The lowest BCUT2D eigenvalue weighted by atomic mass is 10.0. The number of hydrogen-bond donors (Lipinski definition) is 0. The van der Waals surface area contributed by atoms with Gasteiger partial charge in [0, 0.05) is 54.6 Å². The highest BCUT2D eigenvalue weighted by Gasteiger charge is 2.31. The van der Waals surface area contributed by atoms with Crippen molar-refractivity contribution in [3.8, 4) is 5.75 Å². The Labute approximate surface area is 189 Å². The molecule has 1 aromatic carbocycles. The molecule has 0 bridgehead atoms. The summed E-state index contributed by atoms with van der Waals surface area (Å²) in [5.74, 6) is 1.73. The standard InChI is InChI=1S/C25H32N4O3/c1-17-22(15-23(30)28-11-5-4-6-12-28)18(2)27-24(26-17)20-10-13-29(16-20)25(31)19-8-7-9-21(14-19)32-3/h7-9,14,20H,4-6,10-13,15-16H2,1-3H3/t20-/m0/s1. The van der Waals surface area contributed by atoms with Crippen LogP contribution in [0.25, 0.3) is 0 Å². The molecule has 2 amide bonds. The van der Waals surface area contributed by atoms with E-state index in [2.05, 4.69) is 0 Å². The number of carbonyl (C=O) groups is 2. The molecule has 0 saturated carbocycles. The van der Waals surface area contributed by atoms with Gasteiger partial charge in [0.05, 0.1) is 13.5 Å². The average Bonchev–Trinajstić information content (AvgIpc) is 3.31. The Morgan fingerprint density at radius 1 is 1.03 bits per heavy atom. The van der Waals surface area contributed by atoms with E-state index in [4.69, 9.17) is 14.7 Å². The summed E-state index contributed by atoms with van der Waals surface area (Å²) in [6, 6.07) is 7.26. The van der Waals surface area contributed by atoms with Gasteiger partial charge >= 0.3 is 0 Å². The summed E-state index contributed by atoms with van der Waals surface area (Å²) in [5, 5.41) is 0. The van der Waals surface area contributed by atoms with Crippen LogP contribution in [0, 0.1) is 13.8 Å². The number of hydrogen-bond acceptors (Lipinski definition) is 5. The lowest BCUT2D eigenvalue weighted by Gasteiger charge is -2.27. The zero-order valence-corrected chi connectivity index (χ0v) is 19.3. The van der Waals surface area contributed by atoms with Crippen molar-refractivity contribution in [1.29, 1.82) is 0 Å². The molecule has 7 heteroatoms. The summed E-state index contributed by atoms with van der Waals surface area (Å²) in [4.78, 5) is 39.0. The molecule has 2 aliphatic heterocycles. The normalized spacial score (nSPS) is 18.7. The van der Waals surface area contributed by atoms with E-state index < -0.39 is 0 Å². The molecular weight excluding hydrogens is 404 g/mol. The Morgan fingerprint density at radius 3 is 2.44 bits per heavy atom. The van der Waals surface area contributed by atoms with Crippen LogP contribution in [-0.4, -0.2) is 64.9 Å². The predicted molar refractivity (Wildman–Crippen MR) is 122 cm³/mol. The number of rotatable bonds is 5. The van der Waals surface area contributed by atoms with Gasteiger partial charge in [0.25, 0.3) is 5.91 Å². The second-order valence-electron chi connectivity index (χ2n) is 8.82. The first-order chi connectivity index (χ1) is 15.5. The van der Waals surface area contributed by atoms with Crippen molar-refractivity contribution in [3.63, 3.8) is 0 Å². The minimum Gasteiger partial charge on any atom is -0.497 e. The number of carbonyl (C=O) groups excluding carboxylic acids is 2. The number of piperidine rings is 1. The monoisotopic (exact) mass is 436 g/mol. The first kappa shape index (κ1) is 22.2. The molecule has 0 aliphatic carbocycles. The SMILES string of the molecule is COc1cccc(C(=O)N2CC[C@H](c3nc(C)c(CC(=O)N4CCCCC4)c(C)n3)C2)c1. The third-order valence-corrected chi connectivity index (χ3v) is 6.63. The Hall–Kier alpha value is -2.96. The molecule has 4 rings (SSSR count). The van der Waals surface area contributed by atoms with Crippen LogP contribution in [0.2, 0.25) is 0 Å². The molecule has 0 N–H and O–H groups in total. The largest absolute Gasteiger partial charge is 0.497 e. The molecule has 2 aliphatic rings. The maximum Gasteiger partial charge on any atom is 0.254 e. The predicted octanol–water partition coefficient (Wildman–Crippen LogP) is 3.29. The number of likely N-dealkylation sites (tertiary alicyclic amines) is 2. The van der Waals surface area contributed by atoms with Gasteiger partial charge in [-0.1, -0.05) is 6.07 Å². The maximum absolute atomic E-state index is 12.9. The van der Waals surface area contributed by atoms with Crippen molar-refractivity contribution >= 4 is 11.8 Å². The van der Waals surface area contributed by atoms with Crippen molar-refractivity contribution in [2.75, 3.05) is 33.3 Å². The van der Waals surface area contributed by atoms with E-state index in [1.54, 1.807) is 13.2 Å². The van der Waals surface area contributed by atoms with Gasteiger partial charge in [-0.15, -0.1) is 0 Å². The van der Waals surface area contributed by atoms with Crippen LogP contribution in [0.4, 0.5) is 0 Å².